The third-order valence-corrected chi connectivity index (χ3v) is 6.69. The van der Waals surface area contributed by atoms with Gasteiger partial charge in [-0.25, -0.2) is 9.97 Å². The number of aryl methyl sites for hydroxylation is 1. The highest BCUT2D eigenvalue weighted by Gasteiger charge is 2.23. The zero-order valence-electron chi connectivity index (χ0n) is 19.9. The average Bonchev–Trinajstić information content (AvgIpc) is 3.50. The Labute approximate surface area is 216 Å². The smallest absolute Gasteiger partial charge is 0.276 e. The van der Waals surface area contributed by atoms with Crippen molar-refractivity contribution in [2.45, 2.75) is 25.9 Å². The Morgan fingerprint density at radius 3 is 2.75 bits per heavy atom. The van der Waals surface area contributed by atoms with Crippen LogP contribution in [0.3, 0.4) is 0 Å². The van der Waals surface area contributed by atoms with Gasteiger partial charge in [-0.3, -0.25) is 14.9 Å². The standard InChI is InChI=1S/C25H26BrN7O3/c1-14-6-7-15(26)12-18(14)29-23(34)21-22(28-13-27-21)24(35)32-25-30-17-4-3-5-19(20(17)31-25)36-16-8-10-33(2)11-9-16/h3-7,12-13,16H,8-11H2,1-2H3,(H,27,28)(H,29,34)(H2,30,31,32,35). The first-order valence-corrected chi connectivity index (χ1v) is 12.4. The van der Waals surface area contributed by atoms with Crippen molar-refractivity contribution >= 4 is 50.4 Å². The number of hydrogen-bond donors (Lipinski definition) is 4. The molecule has 5 rings (SSSR count). The summed E-state index contributed by atoms with van der Waals surface area (Å²) in [5, 5.41) is 5.53. The van der Waals surface area contributed by atoms with Crippen LogP contribution >= 0.6 is 15.9 Å². The zero-order valence-corrected chi connectivity index (χ0v) is 21.5. The molecule has 1 saturated heterocycles. The van der Waals surface area contributed by atoms with Crippen LogP contribution in [0.15, 0.2) is 47.2 Å². The number of anilines is 2. The lowest BCUT2D eigenvalue weighted by atomic mass is 10.1. The minimum absolute atomic E-state index is 0.0192. The first kappa shape index (κ1) is 24.0. The Morgan fingerprint density at radius 1 is 1.14 bits per heavy atom. The highest BCUT2D eigenvalue weighted by atomic mass is 79.9. The van der Waals surface area contributed by atoms with E-state index in [1.807, 2.05) is 37.3 Å². The van der Waals surface area contributed by atoms with E-state index in [4.69, 9.17) is 4.74 Å². The number of amides is 2. The van der Waals surface area contributed by atoms with E-state index in [0.29, 0.717) is 22.5 Å². The molecule has 0 radical (unpaired) electrons. The van der Waals surface area contributed by atoms with E-state index in [9.17, 15) is 9.59 Å². The van der Waals surface area contributed by atoms with Crippen LogP contribution in [0.1, 0.15) is 39.4 Å². The second-order valence-electron chi connectivity index (χ2n) is 8.85. The summed E-state index contributed by atoms with van der Waals surface area (Å²) in [7, 11) is 2.11. The summed E-state index contributed by atoms with van der Waals surface area (Å²) in [6.07, 6.45) is 3.35. The van der Waals surface area contributed by atoms with Crippen LogP contribution in [0.25, 0.3) is 11.0 Å². The van der Waals surface area contributed by atoms with Gasteiger partial charge in [-0.15, -0.1) is 0 Å². The molecule has 0 unspecified atom stereocenters. The third-order valence-electron chi connectivity index (χ3n) is 6.20. The number of nitrogens with zero attached hydrogens (tertiary/aromatic N) is 3. The number of imidazole rings is 2. The van der Waals surface area contributed by atoms with Crippen molar-refractivity contribution in [2.75, 3.05) is 30.8 Å². The maximum atomic E-state index is 13.0. The summed E-state index contributed by atoms with van der Waals surface area (Å²) < 4.78 is 7.08. The maximum absolute atomic E-state index is 13.0. The van der Waals surface area contributed by atoms with E-state index in [0.717, 1.165) is 36.0 Å². The normalized spacial score (nSPS) is 14.6. The number of benzene rings is 2. The fourth-order valence-corrected chi connectivity index (χ4v) is 4.53. The number of ether oxygens (including phenoxy) is 1. The Balaban J connectivity index is 1.31. The lowest BCUT2D eigenvalue weighted by molar-refractivity contribution is 0.0985. The van der Waals surface area contributed by atoms with Crippen molar-refractivity contribution in [3.8, 4) is 5.75 Å². The molecule has 36 heavy (non-hydrogen) atoms. The second kappa shape index (κ2) is 10.1. The molecule has 2 aromatic heterocycles. The van der Waals surface area contributed by atoms with Crippen molar-refractivity contribution in [1.82, 2.24) is 24.8 Å². The van der Waals surface area contributed by atoms with Crippen LogP contribution < -0.4 is 15.4 Å². The summed E-state index contributed by atoms with van der Waals surface area (Å²) >= 11 is 3.40. The largest absolute Gasteiger partial charge is 0.488 e. The Kier molecular flexibility index (Phi) is 6.75. The van der Waals surface area contributed by atoms with Gasteiger partial charge >= 0.3 is 0 Å². The number of rotatable bonds is 6. The van der Waals surface area contributed by atoms with Crippen molar-refractivity contribution in [3.05, 3.63) is 64.1 Å². The van der Waals surface area contributed by atoms with Crippen LogP contribution in [0, 0.1) is 6.92 Å². The molecule has 10 nitrogen and oxygen atoms in total. The predicted molar refractivity (Wildman–Crippen MR) is 141 cm³/mol. The van der Waals surface area contributed by atoms with E-state index in [2.05, 4.69) is 58.4 Å². The number of carbonyl (C=O) groups excluding carboxylic acids is 2. The van der Waals surface area contributed by atoms with Crippen LogP contribution in [0.2, 0.25) is 0 Å². The minimum Gasteiger partial charge on any atom is -0.488 e. The molecule has 11 heteroatoms. The molecular formula is C25H26BrN7O3. The molecule has 0 spiro atoms. The van der Waals surface area contributed by atoms with E-state index >= 15 is 0 Å². The van der Waals surface area contributed by atoms with Gasteiger partial charge in [0.25, 0.3) is 11.8 Å². The number of H-pyrrole nitrogens is 2. The fraction of sp³-hybridized carbons (Fsp3) is 0.280. The Bertz CT molecular complexity index is 1420. The summed E-state index contributed by atoms with van der Waals surface area (Å²) in [6.45, 7) is 3.87. The Hall–Kier alpha value is -3.70. The SMILES string of the molecule is Cc1ccc(Br)cc1NC(=O)c1nc[nH]c1C(=O)Nc1nc2cccc(OC3CCN(C)CC3)c2[nH]1. The number of aromatic nitrogens is 4. The van der Waals surface area contributed by atoms with Gasteiger partial charge in [0.05, 0.1) is 11.8 Å². The topological polar surface area (TPSA) is 128 Å². The van der Waals surface area contributed by atoms with Gasteiger partial charge in [0.15, 0.2) is 5.69 Å². The van der Waals surface area contributed by atoms with Gasteiger partial charge in [-0.2, -0.15) is 0 Å². The number of likely N-dealkylation sites (tertiary alicyclic amines) is 1. The van der Waals surface area contributed by atoms with Gasteiger partial charge in [-0.1, -0.05) is 28.1 Å². The minimum atomic E-state index is -0.541. The molecule has 0 atom stereocenters. The molecule has 186 valence electrons. The first-order valence-electron chi connectivity index (χ1n) is 11.6. The number of halogens is 1. The first-order chi connectivity index (χ1) is 17.4. The van der Waals surface area contributed by atoms with Gasteiger partial charge in [-0.05, 0) is 56.6 Å². The van der Waals surface area contributed by atoms with Gasteiger partial charge < -0.3 is 24.9 Å². The van der Waals surface area contributed by atoms with Crippen molar-refractivity contribution in [3.63, 3.8) is 0 Å². The van der Waals surface area contributed by atoms with Crippen LogP contribution in [0.4, 0.5) is 11.6 Å². The zero-order chi connectivity index (χ0) is 25.2. The monoisotopic (exact) mass is 551 g/mol. The molecule has 0 aliphatic carbocycles. The van der Waals surface area contributed by atoms with Crippen LogP contribution in [-0.2, 0) is 0 Å². The fourth-order valence-electron chi connectivity index (χ4n) is 4.16. The number of nitrogens with one attached hydrogen (secondary N) is 4. The third kappa shape index (κ3) is 5.12. The summed E-state index contributed by atoms with van der Waals surface area (Å²) in [4.78, 5) is 42.6. The molecule has 1 fully saturated rings. The molecule has 0 saturated carbocycles. The number of hydrogen-bond acceptors (Lipinski definition) is 6. The van der Waals surface area contributed by atoms with Crippen LogP contribution in [-0.4, -0.2) is 62.9 Å². The predicted octanol–water partition coefficient (Wildman–Crippen LogP) is 4.33. The molecule has 4 N–H and O–H groups in total. The van der Waals surface area contributed by atoms with Gasteiger partial charge in [0, 0.05) is 23.2 Å². The molecule has 3 heterocycles. The number of piperidine rings is 1. The molecular weight excluding hydrogens is 526 g/mol. The highest BCUT2D eigenvalue weighted by Crippen LogP contribution is 2.28. The van der Waals surface area contributed by atoms with E-state index in [1.54, 1.807) is 6.07 Å². The quantitative estimate of drug-likeness (QED) is 0.282. The Morgan fingerprint density at radius 2 is 1.94 bits per heavy atom. The molecule has 0 bridgehead atoms. The molecule has 1 aliphatic heterocycles. The average molecular weight is 552 g/mol. The van der Waals surface area contributed by atoms with Crippen molar-refractivity contribution in [2.24, 2.45) is 0 Å². The number of para-hydroxylation sites is 1. The molecule has 4 aromatic rings. The summed E-state index contributed by atoms with van der Waals surface area (Å²) in [5.41, 5.74) is 2.90. The molecule has 1 aliphatic rings. The number of aromatic amines is 2. The lowest BCUT2D eigenvalue weighted by Gasteiger charge is -2.29. The van der Waals surface area contributed by atoms with Crippen molar-refractivity contribution < 1.29 is 14.3 Å². The lowest BCUT2D eigenvalue weighted by Crippen LogP contribution is -2.35. The van der Waals surface area contributed by atoms with E-state index in [1.165, 1.54) is 6.33 Å². The van der Waals surface area contributed by atoms with Crippen LogP contribution in [0.5, 0.6) is 5.75 Å². The van der Waals surface area contributed by atoms with E-state index < -0.39 is 11.8 Å². The summed E-state index contributed by atoms with van der Waals surface area (Å²) in [6, 6.07) is 11.2. The number of fused-ring (bicyclic) bond motifs is 1. The van der Waals surface area contributed by atoms with Gasteiger partial charge in [0.2, 0.25) is 5.95 Å². The highest BCUT2D eigenvalue weighted by molar-refractivity contribution is 9.10. The molecule has 2 amide bonds. The second-order valence-corrected chi connectivity index (χ2v) is 9.77. The van der Waals surface area contributed by atoms with Gasteiger partial charge in [0.1, 0.15) is 23.1 Å². The van der Waals surface area contributed by atoms with Crippen molar-refractivity contribution in [1.29, 1.82) is 0 Å². The maximum Gasteiger partial charge on any atom is 0.276 e. The number of carbonyl (C=O) groups is 2. The summed E-state index contributed by atoms with van der Waals surface area (Å²) in [5.74, 6) is -0.0965. The van der Waals surface area contributed by atoms with E-state index in [-0.39, 0.29) is 23.4 Å². The molecule has 2 aromatic carbocycles.